The maximum Gasteiger partial charge on any atom is 0.441 e. The van der Waals surface area contributed by atoms with Gasteiger partial charge >= 0.3 is 5.51 Å². The van der Waals surface area contributed by atoms with Gasteiger partial charge in [0.1, 0.15) is 0 Å². The topological polar surface area (TPSA) is 46.2 Å². The zero-order chi connectivity index (χ0) is 13.8. The summed E-state index contributed by atoms with van der Waals surface area (Å²) in [6.45, 7) is -0.279. The van der Waals surface area contributed by atoms with Gasteiger partial charge in [-0.3, -0.25) is 0 Å². The second-order valence-electron chi connectivity index (χ2n) is 3.15. The fourth-order valence-electron chi connectivity index (χ4n) is 1.06. The van der Waals surface area contributed by atoms with Crippen LogP contribution in [-0.2, 0) is 10.0 Å². The smallest absolute Gasteiger partial charge is 0.210 e. The van der Waals surface area contributed by atoms with Gasteiger partial charge in [-0.25, -0.2) is 13.1 Å². The molecule has 0 aliphatic carbocycles. The van der Waals surface area contributed by atoms with Crippen LogP contribution >= 0.6 is 27.7 Å². The summed E-state index contributed by atoms with van der Waals surface area (Å²) in [4.78, 5) is 0.00823. The van der Waals surface area contributed by atoms with Crippen molar-refractivity contribution in [1.82, 2.24) is 4.72 Å². The van der Waals surface area contributed by atoms with E-state index in [4.69, 9.17) is 0 Å². The van der Waals surface area contributed by atoms with Crippen LogP contribution in [0.2, 0.25) is 0 Å². The van der Waals surface area contributed by atoms with Crippen molar-refractivity contribution < 1.29 is 21.6 Å². The van der Waals surface area contributed by atoms with E-state index in [0.717, 1.165) is 0 Å². The number of rotatable bonds is 5. The van der Waals surface area contributed by atoms with Crippen LogP contribution < -0.4 is 4.72 Å². The molecular formula is C9H9BrF3NO2S2. The first-order chi connectivity index (χ1) is 8.21. The van der Waals surface area contributed by atoms with Gasteiger partial charge in [0.05, 0.1) is 4.90 Å². The standard InChI is InChI=1S/C9H9BrF3NO2S2/c10-7-2-1-3-8(6-7)18(15,16)14-4-5-17-9(11,12)13/h1-3,6,14H,4-5H2. The number of hydrogen-bond donors (Lipinski definition) is 1. The highest BCUT2D eigenvalue weighted by Gasteiger charge is 2.27. The Morgan fingerprint density at radius 1 is 1.33 bits per heavy atom. The molecule has 3 nitrogen and oxygen atoms in total. The molecule has 102 valence electrons. The number of sulfonamides is 1. The second-order valence-corrected chi connectivity index (χ2v) is 6.99. The van der Waals surface area contributed by atoms with Gasteiger partial charge in [-0.15, -0.1) is 0 Å². The number of thioether (sulfide) groups is 1. The number of benzene rings is 1. The van der Waals surface area contributed by atoms with Gasteiger partial charge in [-0.2, -0.15) is 13.2 Å². The predicted octanol–water partition coefficient (Wildman–Crippen LogP) is 2.98. The average Bonchev–Trinajstić information content (AvgIpc) is 2.23. The summed E-state index contributed by atoms with van der Waals surface area (Å²) < 4.78 is 61.6. The van der Waals surface area contributed by atoms with Gasteiger partial charge in [0.2, 0.25) is 10.0 Å². The van der Waals surface area contributed by atoms with E-state index in [1.165, 1.54) is 18.2 Å². The van der Waals surface area contributed by atoms with Crippen molar-refractivity contribution in [3.63, 3.8) is 0 Å². The molecule has 0 saturated carbocycles. The molecule has 0 spiro atoms. The predicted molar refractivity (Wildman–Crippen MR) is 67.8 cm³/mol. The van der Waals surface area contributed by atoms with Gasteiger partial charge in [-0.05, 0) is 30.0 Å². The van der Waals surface area contributed by atoms with Gasteiger partial charge in [-0.1, -0.05) is 22.0 Å². The van der Waals surface area contributed by atoms with Gasteiger partial charge in [0, 0.05) is 16.8 Å². The van der Waals surface area contributed by atoms with E-state index in [1.54, 1.807) is 6.07 Å². The second kappa shape index (κ2) is 6.27. The lowest BCUT2D eigenvalue weighted by Crippen LogP contribution is -2.26. The third kappa shape index (κ3) is 5.59. The number of nitrogens with one attached hydrogen (secondary N) is 1. The molecule has 0 fully saturated rings. The summed E-state index contributed by atoms with van der Waals surface area (Å²) in [7, 11) is -3.76. The molecule has 0 heterocycles. The van der Waals surface area contributed by atoms with E-state index in [0.29, 0.717) is 4.47 Å². The summed E-state index contributed by atoms with van der Waals surface area (Å²) in [6, 6.07) is 5.92. The molecule has 1 rings (SSSR count). The molecule has 18 heavy (non-hydrogen) atoms. The normalized spacial score (nSPS) is 12.7. The minimum absolute atomic E-state index is 0.00823. The first kappa shape index (κ1) is 15.8. The molecular weight excluding hydrogens is 355 g/mol. The van der Waals surface area contributed by atoms with Gasteiger partial charge < -0.3 is 0 Å². The third-order valence-corrected chi connectivity index (χ3v) is 4.45. The quantitative estimate of drug-likeness (QED) is 0.818. The minimum Gasteiger partial charge on any atom is -0.210 e. The highest BCUT2D eigenvalue weighted by atomic mass is 79.9. The van der Waals surface area contributed by atoms with Gasteiger partial charge in [0.25, 0.3) is 0 Å². The van der Waals surface area contributed by atoms with E-state index in [1.807, 2.05) is 0 Å². The maximum absolute atomic E-state index is 11.8. The number of hydrogen-bond acceptors (Lipinski definition) is 3. The average molecular weight is 364 g/mol. The molecule has 0 aliphatic rings. The Morgan fingerprint density at radius 3 is 2.56 bits per heavy atom. The minimum atomic E-state index is -4.35. The summed E-state index contributed by atoms with van der Waals surface area (Å²) in [5.41, 5.74) is -4.35. The lowest BCUT2D eigenvalue weighted by Gasteiger charge is -2.08. The van der Waals surface area contributed by atoms with Crippen LogP contribution in [0.1, 0.15) is 0 Å². The molecule has 0 amide bonds. The van der Waals surface area contributed by atoms with E-state index >= 15 is 0 Å². The first-order valence-corrected chi connectivity index (χ1v) is 7.93. The lowest BCUT2D eigenvalue weighted by molar-refractivity contribution is -0.0327. The van der Waals surface area contributed by atoms with Crippen molar-refractivity contribution in [3.8, 4) is 0 Å². The summed E-state index contributed by atoms with van der Waals surface area (Å²) in [6.07, 6.45) is 0. The van der Waals surface area contributed by atoms with E-state index in [-0.39, 0.29) is 29.0 Å². The Labute approximate surface area is 115 Å². The van der Waals surface area contributed by atoms with Crippen LogP contribution in [0.4, 0.5) is 13.2 Å². The monoisotopic (exact) mass is 363 g/mol. The first-order valence-electron chi connectivity index (χ1n) is 4.67. The van der Waals surface area contributed by atoms with Crippen molar-refractivity contribution in [1.29, 1.82) is 0 Å². The van der Waals surface area contributed by atoms with Crippen LogP contribution in [0.3, 0.4) is 0 Å². The molecule has 0 unspecified atom stereocenters. The lowest BCUT2D eigenvalue weighted by atomic mass is 10.4. The highest BCUT2D eigenvalue weighted by molar-refractivity contribution is 9.10. The maximum atomic E-state index is 11.8. The van der Waals surface area contributed by atoms with E-state index in [2.05, 4.69) is 20.7 Å². The largest absolute Gasteiger partial charge is 0.441 e. The molecule has 0 radical (unpaired) electrons. The zero-order valence-corrected chi connectivity index (χ0v) is 12.1. The Morgan fingerprint density at radius 2 is 2.00 bits per heavy atom. The Bertz CT molecular complexity index is 505. The number of halogens is 4. The van der Waals surface area contributed by atoms with Crippen molar-refractivity contribution in [2.24, 2.45) is 0 Å². The summed E-state index contributed by atoms with van der Waals surface area (Å²) in [5.74, 6) is -0.364. The van der Waals surface area contributed by atoms with Gasteiger partial charge in [0.15, 0.2) is 0 Å². The number of alkyl halides is 3. The van der Waals surface area contributed by atoms with Crippen LogP contribution in [0, 0.1) is 0 Å². The van der Waals surface area contributed by atoms with Crippen LogP contribution in [0.5, 0.6) is 0 Å². The van der Waals surface area contributed by atoms with Crippen molar-refractivity contribution in [3.05, 3.63) is 28.7 Å². The molecule has 1 aromatic carbocycles. The molecule has 9 heteroatoms. The zero-order valence-electron chi connectivity index (χ0n) is 8.87. The Hall–Kier alpha value is -0.250. The molecule has 0 saturated heterocycles. The molecule has 0 aromatic heterocycles. The van der Waals surface area contributed by atoms with Crippen molar-refractivity contribution >= 4 is 37.7 Å². The highest BCUT2D eigenvalue weighted by Crippen LogP contribution is 2.29. The van der Waals surface area contributed by atoms with Crippen molar-refractivity contribution in [2.45, 2.75) is 10.4 Å². The fraction of sp³-hybridized carbons (Fsp3) is 0.333. The molecule has 0 bridgehead atoms. The third-order valence-electron chi connectivity index (χ3n) is 1.77. The van der Waals surface area contributed by atoms with E-state index in [9.17, 15) is 21.6 Å². The van der Waals surface area contributed by atoms with Crippen molar-refractivity contribution in [2.75, 3.05) is 12.3 Å². The Balaban J connectivity index is 2.56. The molecule has 1 N–H and O–H groups in total. The molecule has 0 aliphatic heterocycles. The summed E-state index contributed by atoms with van der Waals surface area (Å²) >= 11 is 2.85. The van der Waals surface area contributed by atoms with Crippen LogP contribution in [0.15, 0.2) is 33.6 Å². The van der Waals surface area contributed by atoms with E-state index < -0.39 is 15.5 Å². The fourth-order valence-corrected chi connectivity index (χ4v) is 3.25. The summed E-state index contributed by atoms with van der Waals surface area (Å²) in [5, 5.41) is 0. The molecule has 1 aromatic rings. The van der Waals surface area contributed by atoms with Crippen LogP contribution in [0.25, 0.3) is 0 Å². The van der Waals surface area contributed by atoms with Crippen LogP contribution in [-0.4, -0.2) is 26.2 Å². The Kier molecular flexibility index (Phi) is 5.50. The SMILES string of the molecule is O=S(=O)(NCCSC(F)(F)F)c1cccc(Br)c1. The molecule has 0 atom stereocenters.